The van der Waals surface area contributed by atoms with Crippen LogP contribution in [0.4, 0.5) is 0 Å². The molecule has 4 rings (SSSR count). The van der Waals surface area contributed by atoms with Gasteiger partial charge in [0.15, 0.2) is 0 Å². The van der Waals surface area contributed by atoms with Gasteiger partial charge in [0, 0.05) is 20.2 Å². The molecule has 2 aromatic rings. The molecule has 2 fully saturated rings. The topological polar surface area (TPSA) is 65.7 Å². The highest BCUT2D eigenvalue weighted by molar-refractivity contribution is 5.81. The molecule has 1 aromatic carbocycles. The second-order valence-corrected chi connectivity index (χ2v) is 6.34. The molecule has 0 saturated carbocycles. The van der Waals surface area contributed by atoms with Crippen LogP contribution in [0.15, 0.2) is 29.1 Å². The van der Waals surface area contributed by atoms with Crippen LogP contribution in [-0.4, -0.2) is 58.5 Å². The summed E-state index contributed by atoms with van der Waals surface area (Å²) in [7, 11) is 1.73. The van der Waals surface area contributed by atoms with Gasteiger partial charge in [0.1, 0.15) is 12.6 Å². The zero-order valence-electron chi connectivity index (χ0n) is 13.7. The van der Waals surface area contributed by atoms with Gasteiger partial charge in [-0.3, -0.25) is 13.9 Å². The highest BCUT2D eigenvalue weighted by Crippen LogP contribution is 2.22. The van der Waals surface area contributed by atoms with E-state index in [0.29, 0.717) is 26.4 Å². The van der Waals surface area contributed by atoms with E-state index in [1.54, 1.807) is 16.2 Å². The number of imidazole rings is 1. The third-order valence-electron chi connectivity index (χ3n) is 5.00. The van der Waals surface area contributed by atoms with E-state index in [1.165, 1.54) is 0 Å². The Bertz CT molecular complexity index is 823. The summed E-state index contributed by atoms with van der Waals surface area (Å²) in [5, 5.41) is 0. The van der Waals surface area contributed by atoms with E-state index in [2.05, 4.69) is 0 Å². The average Bonchev–Trinajstić information content (AvgIpc) is 2.86. The number of ether oxygens (including phenoxy) is 2. The second-order valence-electron chi connectivity index (χ2n) is 6.34. The SMILES string of the molecule is Cn1c(=O)n(CC(=O)N2CCO[C@H]3COCC[C@H]32)c2ccccc21. The third-order valence-corrected chi connectivity index (χ3v) is 5.00. The Hall–Kier alpha value is -2.12. The molecule has 2 saturated heterocycles. The largest absolute Gasteiger partial charge is 0.379 e. The van der Waals surface area contributed by atoms with Gasteiger partial charge in [-0.1, -0.05) is 12.1 Å². The first-order valence-corrected chi connectivity index (χ1v) is 8.30. The predicted octanol–water partition coefficient (Wildman–Crippen LogP) is 0.356. The summed E-state index contributed by atoms with van der Waals surface area (Å²) in [6, 6.07) is 7.58. The fourth-order valence-corrected chi connectivity index (χ4v) is 3.74. The van der Waals surface area contributed by atoms with Crippen molar-refractivity contribution in [3.8, 4) is 0 Å². The Morgan fingerprint density at radius 1 is 1.25 bits per heavy atom. The number of rotatable bonds is 2. The standard InChI is InChI=1S/C17H21N3O4/c1-18-12-4-2-3-5-13(12)20(17(18)22)10-16(21)19-7-9-24-15-11-23-8-6-14(15)19/h2-5,14-15H,6-11H2,1H3/t14-,15+/m1/s1. The number of amides is 1. The number of benzene rings is 1. The highest BCUT2D eigenvalue weighted by Gasteiger charge is 2.37. The Kier molecular flexibility index (Phi) is 3.90. The molecule has 1 aromatic heterocycles. The van der Waals surface area contributed by atoms with Gasteiger partial charge in [-0.05, 0) is 18.6 Å². The highest BCUT2D eigenvalue weighted by atomic mass is 16.5. The molecule has 0 bridgehead atoms. The van der Waals surface area contributed by atoms with Crippen LogP contribution in [-0.2, 0) is 27.9 Å². The molecule has 24 heavy (non-hydrogen) atoms. The molecule has 2 aliphatic rings. The van der Waals surface area contributed by atoms with Crippen LogP contribution in [0.2, 0.25) is 0 Å². The fourth-order valence-electron chi connectivity index (χ4n) is 3.74. The fraction of sp³-hybridized carbons (Fsp3) is 0.529. The van der Waals surface area contributed by atoms with Gasteiger partial charge >= 0.3 is 5.69 Å². The van der Waals surface area contributed by atoms with Crippen LogP contribution >= 0.6 is 0 Å². The minimum Gasteiger partial charge on any atom is -0.379 e. The van der Waals surface area contributed by atoms with Crippen LogP contribution in [0.25, 0.3) is 11.0 Å². The van der Waals surface area contributed by atoms with Crippen LogP contribution in [0.3, 0.4) is 0 Å². The van der Waals surface area contributed by atoms with Crippen molar-refractivity contribution in [2.24, 2.45) is 7.05 Å². The number of carbonyl (C=O) groups excluding carboxylic acids is 1. The predicted molar refractivity (Wildman–Crippen MR) is 87.9 cm³/mol. The van der Waals surface area contributed by atoms with E-state index in [-0.39, 0.29) is 30.3 Å². The smallest absolute Gasteiger partial charge is 0.329 e. The van der Waals surface area contributed by atoms with Crippen molar-refractivity contribution in [1.29, 1.82) is 0 Å². The van der Waals surface area contributed by atoms with Gasteiger partial charge in [0.2, 0.25) is 5.91 Å². The van der Waals surface area contributed by atoms with Crippen LogP contribution in [0.1, 0.15) is 6.42 Å². The summed E-state index contributed by atoms with van der Waals surface area (Å²) in [5.41, 5.74) is 1.46. The van der Waals surface area contributed by atoms with E-state index < -0.39 is 0 Å². The van der Waals surface area contributed by atoms with Crippen molar-refractivity contribution < 1.29 is 14.3 Å². The number of morpholine rings is 1. The molecule has 7 nitrogen and oxygen atoms in total. The monoisotopic (exact) mass is 331 g/mol. The number of hydrogen-bond acceptors (Lipinski definition) is 4. The number of para-hydroxylation sites is 2. The lowest BCUT2D eigenvalue weighted by Crippen LogP contribution is -2.58. The van der Waals surface area contributed by atoms with Crippen LogP contribution < -0.4 is 5.69 Å². The minimum absolute atomic E-state index is 0.0337. The van der Waals surface area contributed by atoms with Crippen LogP contribution in [0.5, 0.6) is 0 Å². The summed E-state index contributed by atoms with van der Waals surface area (Å²) in [6.45, 7) is 2.32. The number of aromatic nitrogens is 2. The first-order valence-electron chi connectivity index (χ1n) is 8.30. The molecule has 0 aliphatic carbocycles. The first kappa shape index (κ1) is 15.4. The maximum atomic E-state index is 12.9. The van der Waals surface area contributed by atoms with Crippen molar-refractivity contribution in [3.05, 3.63) is 34.7 Å². The Balaban J connectivity index is 1.62. The normalized spacial score (nSPS) is 24.1. The third kappa shape index (κ3) is 2.44. The molecule has 3 heterocycles. The van der Waals surface area contributed by atoms with Crippen LogP contribution in [0, 0.1) is 0 Å². The second kappa shape index (κ2) is 6.07. The van der Waals surface area contributed by atoms with E-state index in [4.69, 9.17) is 9.47 Å². The van der Waals surface area contributed by atoms with E-state index in [1.807, 2.05) is 29.2 Å². The lowest BCUT2D eigenvalue weighted by Gasteiger charge is -2.43. The van der Waals surface area contributed by atoms with Crippen molar-refractivity contribution in [2.75, 3.05) is 26.4 Å². The number of hydrogen-bond donors (Lipinski definition) is 0. The number of aryl methyl sites for hydroxylation is 1. The van der Waals surface area contributed by atoms with Gasteiger partial charge in [0.05, 0.1) is 30.3 Å². The van der Waals surface area contributed by atoms with Gasteiger partial charge < -0.3 is 14.4 Å². The van der Waals surface area contributed by atoms with E-state index in [0.717, 1.165) is 17.5 Å². The molecule has 0 N–H and O–H groups in total. The summed E-state index contributed by atoms with van der Waals surface area (Å²) in [6.07, 6.45) is 0.724. The molecule has 7 heteroatoms. The van der Waals surface area contributed by atoms with Crippen molar-refractivity contribution in [3.63, 3.8) is 0 Å². The molecule has 2 atom stereocenters. The molecular formula is C17H21N3O4. The minimum atomic E-state index is -0.165. The van der Waals surface area contributed by atoms with Gasteiger partial charge in [-0.15, -0.1) is 0 Å². The molecular weight excluding hydrogens is 310 g/mol. The van der Waals surface area contributed by atoms with Crippen molar-refractivity contribution in [1.82, 2.24) is 14.0 Å². The van der Waals surface area contributed by atoms with Gasteiger partial charge in [0.25, 0.3) is 0 Å². The number of fused-ring (bicyclic) bond motifs is 2. The zero-order chi connectivity index (χ0) is 16.7. The maximum Gasteiger partial charge on any atom is 0.329 e. The molecule has 0 unspecified atom stereocenters. The Labute approximate surface area is 139 Å². The summed E-state index contributed by atoms with van der Waals surface area (Å²) in [4.78, 5) is 27.3. The molecule has 0 spiro atoms. The Morgan fingerprint density at radius 3 is 2.88 bits per heavy atom. The molecule has 1 amide bonds. The zero-order valence-corrected chi connectivity index (χ0v) is 13.7. The molecule has 2 aliphatic heterocycles. The molecule has 0 radical (unpaired) electrons. The van der Waals surface area contributed by atoms with Gasteiger partial charge in [-0.25, -0.2) is 4.79 Å². The lowest BCUT2D eigenvalue weighted by molar-refractivity contribution is -0.162. The van der Waals surface area contributed by atoms with Crippen molar-refractivity contribution >= 4 is 16.9 Å². The first-order chi connectivity index (χ1) is 11.7. The Morgan fingerprint density at radius 2 is 2.04 bits per heavy atom. The summed E-state index contributed by atoms with van der Waals surface area (Å²) >= 11 is 0. The van der Waals surface area contributed by atoms with E-state index >= 15 is 0 Å². The summed E-state index contributed by atoms with van der Waals surface area (Å²) in [5.74, 6) is -0.0337. The molecule has 128 valence electrons. The van der Waals surface area contributed by atoms with Gasteiger partial charge in [-0.2, -0.15) is 0 Å². The quantitative estimate of drug-likeness (QED) is 0.797. The number of carbonyl (C=O) groups is 1. The summed E-state index contributed by atoms with van der Waals surface area (Å²) < 4.78 is 14.3. The lowest BCUT2D eigenvalue weighted by atomic mass is 10.0. The van der Waals surface area contributed by atoms with E-state index in [9.17, 15) is 9.59 Å². The average molecular weight is 331 g/mol. The maximum absolute atomic E-state index is 12.9. The number of nitrogens with zero attached hydrogens (tertiary/aromatic N) is 3. The van der Waals surface area contributed by atoms with Crippen molar-refractivity contribution in [2.45, 2.75) is 25.1 Å².